The molecule has 18 heavy (non-hydrogen) atoms. The molecule has 0 aromatic rings. The minimum atomic E-state index is -0.472. The third kappa shape index (κ3) is 11.4. The molecular weight excluding hydrogens is 495 g/mol. The highest BCUT2D eigenvalue weighted by Crippen LogP contribution is 2.19. The van der Waals surface area contributed by atoms with Gasteiger partial charge in [0.05, 0.1) is 0 Å². The quantitative estimate of drug-likeness (QED) is 0.212. The molecular formula is C8H16B2I2NO3P2. The van der Waals surface area contributed by atoms with Crippen LogP contribution in [0, 0.1) is 0 Å². The fourth-order valence-corrected chi connectivity index (χ4v) is 2.55. The Kier molecular flexibility index (Phi) is 13.4. The van der Waals surface area contributed by atoms with Crippen LogP contribution < -0.4 is 5.23 Å². The minimum Gasteiger partial charge on any atom is -0.384 e. The average molecular weight is 512 g/mol. The highest BCUT2D eigenvalue weighted by atomic mass is 127. The van der Waals surface area contributed by atoms with Crippen molar-refractivity contribution in [3.63, 3.8) is 0 Å². The van der Waals surface area contributed by atoms with Crippen molar-refractivity contribution >= 4 is 82.7 Å². The number of ketones is 1. The van der Waals surface area contributed by atoms with E-state index in [-0.39, 0.29) is 16.1 Å². The van der Waals surface area contributed by atoms with E-state index in [1.807, 2.05) is 7.00 Å². The van der Waals surface area contributed by atoms with Crippen LogP contribution in [0.25, 0.3) is 0 Å². The Bertz CT molecular complexity index is 275. The summed E-state index contributed by atoms with van der Waals surface area (Å²) in [5, 5.41) is 2.73. The van der Waals surface area contributed by atoms with Gasteiger partial charge < -0.3 is 14.8 Å². The molecule has 0 aliphatic rings. The highest BCUT2D eigenvalue weighted by molar-refractivity contribution is 14.2. The maximum Gasteiger partial charge on any atom is 0.349 e. The molecule has 0 fully saturated rings. The minimum absolute atomic E-state index is 0.00683. The summed E-state index contributed by atoms with van der Waals surface area (Å²) in [6.07, 6.45) is 1.94. The number of hydrogen-bond acceptors (Lipinski definition) is 3. The Labute approximate surface area is 140 Å². The highest BCUT2D eigenvalue weighted by Gasteiger charge is 2.15. The third-order valence-electron chi connectivity index (χ3n) is 2.02. The first-order valence-corrected chi connectivity index (χ1v) is 11.6. The molecule has 3 atom stereocenters. The number of hydrogen-bond donors (Lipinski definition) is 1. The summed E-state index contributed by atoms with van der Waals surface area (Å²) < 4.78 is 5.38. The van der Waals surface area contributed by atoms with Crippen LogP contribution in [0.1, 0.15) is 19.8 Å². The van der Waals surface area contributed by atoms with Crippen molar-refractivity contribution in [1.29, 1.82) is 0 Å². The molecule has 0 heterocycles. The van der Waals surface area contributed by atoms with E-state index in [1.54, 1.807) is 6.92 Å². The van der Waals surface area contributed by atoms with Crippen molar-refractivity contribution in [2.24, 2.45) is 0 Å². The summed E-state index contributed by atoms with van der Waals surface area (Å²) >= 11 is 4.32. The molecule has 1 radical (unpaired) electrons. The zero-order valence-electron chi connectivity index (χ0n) is 10.1. The van der Waals surface area contributed by atoms with Crippen molar-refractivity contribution in [2.75, 3.05) is 6.61 Å². The molecule has 1 amide bonds. The van der Waals surface area contributed by atoms with Crippen LogP contribution in [0.2, 0.25) is 6.32 Å². The van der Waals surface area contributed by atoms with E-state index in [2.05, 4.69) is 58.8 Å². The zero-order chi connectivity index (χ0) is 14.0. The maximum atomic E-state index is 11.5. The summed E-state index contributed by atoms with van der Waals surface area (Å²) in [5.41, 5.74) is 0. The summed E-state index contributed by atoms with van der Waals surface area (Å²) in [4.78, 5) is 22.9. The molecule has 4 nitrogen and oxygen atoms in total. The lowest BCUT2D eigenvalue weighted by Gasteiger charge is -2.13. The molecule has 0 rings (SSSR count). The lowest BCUT2D eigenvalue weighted by atomic mass is 9.96. The van der Waals surface area contributed by atoms with Crippen LogP contribution in [0.15, 0.2) is 0 Å². The third-order valence-corrected chi connectivity index (χ3v) is 4.18. The average Bonchev–Trinajstić information content (AvgIpc) is 2.30. The fourth-order valence-electron chi connectivity index (χ4n) is 1.11. The van der Waals surface area contributed by atoms with E-state index >= 15 is 0 Å². The standard InChI is InChI=1S/C8H16B2I2NO3P2/c1-6(8(15)13-10(11)17)16-4-2-3-7(14)5-9-18-12/h6,18H,2-5,17H2,1H3,(H,13,15). The van der Waals surface area contributed by atoms with Gasteiger partial charge in [0.25, 0.3) is 0 Å². The Hall–Kier alpha value is 1.55. The van der Waals surface area contributed by atoms with Gasteiger partial charge >= 0.3 is 4.42 Å². The molecule has 0 aromatic heterocycles. The van der Waals surface area contributed by atoms with E-state index in [0.717, 1.165) is 0 Å². The lowest BCUT2D eigenvalue weighted by Crippen LogP contribution is -2.38. The smallest absolute Gasteiger partial charge is 0.349 e. The van der Waals surface area contributed by atoms with Gasteiger partial charge in [-0.25, -0.2) is 0 Å². The van der Waals surface area contributed by atoms with Gasteiger partial charge in [-0.2, -0.15) is 0 Å². The molecule has 0 spiro atoms. The predicted octanol–water partition coefficient (Wildman–Crippen LogP) is 2.22. The number of nitrogens with one attached hydrogen (secondary N) is 1. The molecule has 1 N–H and O–H groups in total. The predicted molar refractivity (Wildman–Crippen MR) is 100 cm³/mol. The van der Waals surface area contributed by atoms with Gasteiger partial charge in [0, 0.05) is 13.0 Å². The van der Waals surface area contributed by atoms with Gasteiger partial charge in [-0.05, 0) is 19.7 Å². The first kappa shape index (κ1) is 19.5. The molecule has 101 valence electrons. The van der Waals surface area contributed by atoms with Gasteiger partial charge in [-0.15, -0.1) is 31.5 Å². The Morgan fingerprint density at radius 3 is 2.83 bits per heavy atom. The second-order valence-electron chi connectivity index (χ2n) is 3.58. The maximum absolute atomic E-state index is 11.5. The van der Waals surface area contributed by atoms with Crippen LogP contribution in [-0.2, 0) is 14.3 Å². The lowest BCUT2D eigenvalue weighted by molar-refractivity contribution is -0.130. The van der Waals surface area contributed by atoms with Crippen molar-refractivity contribution in [3.8, 4) is 0 Å². The van der Waals surface area contributed by atoms with E-state index in [0.29, 0.717) is 31.9 Å². The van der Waals surface area contributed by atoms with Gasteiger partial charge in [-0.1, -0.05) is 28.1 Å². The zero-order valence-corrected chi connectivity index (χ0v) is 16.6. The fraction of sp³-hybridized carbons (Fsp3) is 0.750. The number of amides is 1. The molecule has 3 unspecified atom stereocenters. The Balaban J connectivity index is 3.59. The van der Waals surface area contributed by atoms with E-state index in [1.165, 1.54) is 0 Å². The molecule has 0 aliphatic carbocycles. The molecule has 0 aliphatic heterocycles. The van der Waals surface area contributed by atoms with E-state index in [9.17, 15) is 9.59 Å². The second-order valence-corrected chi connectivity index (χ2v) is 9.44. The normalized spacial score (nSPS) is 12.4. The molecule has 10 heteroatoms. The summed E-state index contributed by atoms with van der Waals surface area (Å²) in [6, 6.07) is 0. The SMILES string of the molecule is CC(OCCCC(=O)C[B]PI)C(=O)NB(P)I. The number of rotatable bonds is 10. The van der Waals surface area contributed by atoms with E-state index in [4.69, 9.17) is 4.74 Å². The summed E-state index contributed by atoms with van der Waals surface area (Å²) in [7, 11) is 2.48. The Morgan fingerprint density at radius 2 is 2.28 bits per heavy atom. The van der Waals surface area contributed by atoms with Crippen LogP contribution >= 0.6 is 59.6 Å². The van der Waals surface area contributed by atoms with Gasteiger partial charge in [-0.3, -0.25) is 4.79 Å². The number of halogens is 2. The van der Waals surface area contributed by atoms with Crippen molar-refractivity contribution < 1.29 is 14.3 Å². The van der Waals surface area contributed by atoms with Gasteiger partial charge in [0.2, 0.25) is 5.91 Å². The van der Waals surface area contributed by atoms with Gasteiger partial charge in [0.1, 0.15) is 11.9 Å². The number of carbonyl (C=O) groups is 2. The first-order chi connectivity index (χ1) is 8.47. The van der Waals surface area contributed by atoms with Gasteiger partial charge in [0.15, 0.2) is 7.00 Å². The number of carbonyl (C=O) groups excluding carboxylic acids is 2. The molecule has 0 saturated carbocycles. The molecule has 0 bridgehead atoms. The number of Topliss-reactive ketones (excluding diaryl/α,β-unsaturated/α-hetero) is 1. The largest absolute Gasteiger partial charge is 0.384 e. The summed E-state index contributed by atoms with van der Waals surface area (Å²) in [5.74, 6) is 0.104. The number of ether oxygens (including phenoxy) is 1. The van der Waals surface area contributed by atoms with Crippen molar-refractivity contribution in [1.82, 2.24) is 5.23 Å². The topological polar surface area (TPSA) is 55.4 Å². The van der Waals surface area contributed by atoms with Crippen LogP contribution in [0.4, 0.5) is 0 Å². The Morgan fingerprint density at radius 1 is 1.61 bits per heavy atom. The monoisotopic (exact) mass is 512 g/mol. The molecule has 0 saturated heterocycles. The van der Waals surface area contributed by atoms with E-state index < -0.39 is 6.10 Å². The van der Waals surface area contributed by atoms with Crippen molar-refractivity contribution in [2.45, 2.75) is 32.2 Å². The van der Waals surface area contributed by atoms with Crippen LogP contribution in [-0.4, -0.2) is 35.8 Å². The van der Waals surface area contributed by atoms with Crippen LogP contribution in [0.5, 0.6) is 0 Å². The molecule has 0 aromatic carbocycles. The van der Waals surface area contributed by atoms with Crippen LogP contribution in [0.3, 0.4) is 0 Å². The second kappa shape index (κ2) is 12.3. The first-order valence-electron chi connectivity index (χ1n) is 5.48. The summed E-state index contributed by atoms with van der Waals surface area (Å²) in [6.45, 7) is 4.14. The van der Waals surface area contributed by atoms with Crippen molar-refractivity contribution in [3.05, 3.63) is 0 Å².